The number of carbonyl (C=O) groups is 1. The number of carbonyl (C=O) groups excluding carboxylic acids is 1. The molecular formula is C18H29N3O. The van der Waals surface area contributed by atoms with E-state index in [-0.39, 0.29) is 5.91 Å². The van der Waals surface area contributed by atoms with Crippen molar-refractivity contribution in [3.63, 3.8) is 0 Å². The number of benzene rings is 1. The number of rotatable bonds is 6. The summed E-state index contributed by atoms with van der Waals surface area (Å²) in [5.74, 6) is 0.828. The Morgan fingerprint density at radius 3 is 2.55 bits per heavy atom. The fraction of sp³-hybridized carbons (Fsp3) is 0.611. The number of likely N-dealkylation sites (tertiary alicyclic amines) is 1. The molecule has 0 spiro atoms. The standard InChI is InChI=1S/C18H29N3O/c1-15(2)21-11-10-16(13-21)12-19(3)14-18(22)20(4)17-8-6-5-7-9-17/h5-9,15-16H,10-14H2,1-4H3/t16-/m1/s1. The van der Waals surface area contributed by atoms with Gasteiger partial charge in [-0.05, 0) is 51.9 Å². The second kappa shape index (κ2) is 7.75. The maximum absolute atomic E-state index is 12.4. The average Bonchev–Trinajstić information content (AvgIpc) is 2.95. The normalized spacial score (nSPS) is 19.1. The lowest BCUT2D eigenvalue weighted by molar-refractivity contribution is -0.119. The van der Waals surface area contributed by atoms with Crippen molar-refractivity contribution in [1.82, 2.24) is 9.80 Å². The summed E-state index contributed by atoms with van der Waals surface area (Å²) < 4.78 is 0. The highest BCUT2D eigenvalue weighted by molar-refractivity contribution is 5.94. The summed E-state index contributed by atoms with van der Waals surface area (Å²) in [6.07, 6.45) is 1.24. The zero-order valence-corrected chi connectivity index (χ0v) is 14.3. The van der Waals surface area contributed by atoms with Crippen molar-refractivity contribution in [2.24, 2.45) is 5.92 Å². The van der Waals surface area contributed by atoms with Crippen LogP contribution < -0.4 is 4.90 Å². The first-order valence-corrected chi connectivity index (χ1v) is 8.21. The lowest BCUT2D eigenvalue weighted by atomic mass is 10.1. The molecule has 0 aliphatic carbocycles. The number of para-hydroxylation sites is 1. The maximum Gasteiger partial charge on any atom is 0.240 e. The van der Waals surface area contributed by atoms with Gasteiger partial charge in [0.15, 0.2) is 0 Å². The Bertz CT molecular complexity index is 474. The van der Waals surface area contributed by atoms with Crippen molar-refractivity contribution >= 4 is 11.6 Å². The average molecular weight is 303 g/mol. The van der Waals surface area contributed by atoms with Crippen LogP contribution in [-0.2, 0) is 4.79 Å². The van der Waals surface area contributed by atoms with E-state index in [0.717, 1.165) is 18.8 Å². The smallest absolute Gasteiger partial charge is 0.240 e. The minimum absolute atomic E-state index is 0.146. The minimum Gasteiger partial charge on any atom is -0.314 e. The highest BCUT2D eigenvalue weighted by Crippen LogP contribution is 2.19. The SMILES string of the molecule is CC(C)N1CC[C@H](CN(C)CC(=O)N(C)c2ccccc2)C1. The first-order chi connectivity index (χ1) is 10.5. The number of hydrogen-bond donors (Lipinski definition) is 0. The zero-order chi connectivity index (χ0) is 16.1. The summed E-state index contributed by atoms with van der Waals surface area (Å²) in [5, 5.41) is 0. The summed E-state index contributed by atoms with van der Waals surface area (Å²) >= 11 is 0. The van der Waals surface area contributed by atoms with Gasteiger partial charge in [0.1, 0.15) is 0 Å². The fourth-order valence-electron chi connectivity index (χ4n) is 3.12. The molecule has 2 rings (SSSR count). The minimum atomic E-state index is 0.146. The molecule has 1 aliphatic rings. The molecule has 1 aromatic carbocycles. The Labute approximate surface area is 134 Å². The van der Waals surface area contributed by atoms with E-state index in [0.29, 0.717) is 18.5 Å². The highest BCUT2D eigenvalue weighted by Gasteiger charge is 2.25. The van der Waals surface area contributed by atoms with Crippen LogP contribution in [-0.4, -0.2) is 62.0 Å². The monoisotopic (exact) mass is 303 g/mol. The second-order valence-corrected chi connectivity index (χ2v) is 6.73. The topological polar surface area (TPSA) is 26.8 Å². The summed E-state index contributed by atoms with van der Waals surface area (Å²) in [7, 11) is 3.90. The summed E-state index contributed by atoms with van der Waals surface area (Å²) in [6.45, 7) is 8.33. The van der Waals surface area contributed by atoms with Gasteiger partial charge in [0.2, 0.25) is 5.91 Å². The number of amides is 1. The van der Waals surface area contributed by atoms with Gasteiger partial charge in [-0.1, -0.05) is 18.2 Å². The first kappa shape index (κ1) is 17.0. The van der Waals surface area contributed by atoms with Gasteiger partial charge in [0, 0.05) is 31.9 Å². The van der Waals surface area contributed by atoms with E-state index in [1.807, 2.05) is 37.4 Å². The Morgan fingerprint density at radius 1 is 1.27 bits per heavy atom. The molecule has 1 fully saturated rings. The molecule has 0 radical (unpaired) electrons. The molecule has 1 aliphatic heterocycles. The second-order valence-electron chi connectivity index (χ2n) is 6.73. The maximum atomic E-state index is 12.4. The van der Waals surface area contributed by atoms with Gasteiger partial charge < -0.3 is 9.80 Å². The van der Waals surface area contributed by atoms with Crippen LogP contribution in [0.2, 0.25) is 0 Å². The summed E-state index contributed by atoms with van der Waals surface area (Å²) in [5.41, 5.74) is 0.952. The van der Waals surface area contributed by atoms with Gasteiger partial charge in [0.25, 0.3) is 0 Å². The van der Waals surface area contributed by atoms with Crippen LogP contribution in [0.15, 0.2) is 30.3 Å². The molecule has 1 heterocycles. The number of nitrogens with zero attached hydrogens (tertiary/aromatic N) is 3. The Balaban J connectivity index is 1.79. The number of likely N-dealkylation sites (N-methyl/N-ethyl adjacent to an activating group) is 2. The fourth-order valence-corrected chi connectivity index (χ4v) is 3.12. The van der Waals surface area contributed by atoms with E-state index in [9.17, 15) is 4.79 Å². The van der Waals surface area contributed by atoms with E-state index in [1.165, 1.54) is 13.0 Å². The quantitative estimate of drug-likeness (QED) is 0.807. The highest BCUT2D eigenvalue weighted by atomic mass is 16.2. The molecule has 122 valence electrons. The van der Waals surface area contributed by atoms with E-state index >= 15 is 0 Å². The molecule has 1 saturated heterocycles. The van der Waals surface area contributed by atoms with E-state index in [4.69, 9.17) is 0 Å². The number of hydrogen-bond acceptors (Lipinski definition) is 3. The van der Waals surface area contributed by atoms with Crippen LogP contribution in [0.25, 0.3) is 0 Å². The predicted octanol–water partition coefficient (Wildman–Crippen LogP) is 2.31. The molecule has 4 nitrogen and oxygen atoms in total. The van der Waals surface area contributed by atoms with Crippen molar-refractivity contribution in [2.45, 2.75) is 26.3 Å². The van der Waals surface area contributed by atoms with Gasteiger partial charge in [-0.25, -0.2) is 0 Å². The van der Waals surface area contributed by atoms with Crippen LogP contribution in [0.5, 0.6) is 0 Å². The van der Waals surface area contributed by atoms with Crippen molar-refractivity contribution in [1.29, 1.82) is 0 Å². The third-order valence-corrected chi connectivity index (χ3v) is 4.54. The van der Waals surface area contributed by atoms with Crippen LogP contribution in [0.3, 0.4) is 0 Å². The van der Waals surface area contributed by atoms with Crippen molar-refractivity contribution < 1.29 is 4.79 Å². The van der Waals surface area contributed by atoms with Crippen molar-refractivity contribution in [3.05, 3.63) is 30.3 Å². The molecule has 0 N–H and O–H groups in total. The lowest BCUT2D eigenvalue weighted by Crippen LogP contribution is -2.39. The van der Waals surface area contributed by atoms with E-state index < -0.39 is 0 Å². The molecule has 4 heteroatoms. The van der Waals surface area contributed by atoms with E-state index in [2.05, 4.69) is 30.7 Å². The molecule has 0 unspecified atom stereocenters. The van der Waals surface area contributed by atoms with Gasteiger partial charge in [0.05, 0.1) is 6.54 Å². The van der Waals surface area contributed by atoms with E-state index in [1.54, 1.807) is 4.90 Å². The molecule has 0 saturated carbocycles. The van der Waals surface area contributed by atoms with Gasteiger partial charge in [-0.2, -0.15) is 0 Å². The molecule has 0 bridgehead atoms. The third kappa shape index (κ3) is 4.55. The van der Waals surface area contributed by atoms with Crippen molar-refractivity contribution in [2.75, 3.05) is 45.2 Å². The van der Waals surface area contributed by atoms with Gasteiger partial charge in [-0.3, -0.25) is 9.69 Å². The Morgan fingerprint density at radius 2 is 1.95 bits per heavy atom. The van der Waals surface area contributed by atoms with Crippen LogP contribution >= 0.6 is 0 Å². The molecule has 22 heavy (non-hydrogen) atoms. The van der Waals surface area contributed by atoms with Gasteiger partial charge in [-0.15, -0.1) is 0 Å². The third-order valence-electron chi connectivity index (χ3n) is 4.54. The molecule has 1 amide bonds. The number of anilines is 1. The zero-order valence-electron chi connectivity index (χ0n) is 14.3. The first-order valence-electron chi connectivity index (χ1n) is 8.21. The van der Waals surface area contributed by atoms with Crippen LogP contribution in [0.4, 0.5) is 5.69 Å². The Hall–Kier alpha value is -1.39. The Kier molecular flexibility index (Phi) is 5.98. The summed E-state index contributed by atoms with van der Waals surface area (Å²) in [4.78, 5) is 18.8. The van der Waals surface area contributed by atoms with Crippen LogP contribution in [0, 0.1) is 5.92 Å². The van der Waals surface area contributed by atoms with Crippen molar-refractivity contribution in [3.8, 4) is 0 Å². The summed E-state index contributed by atoms with van der Waals surface area (Å²) in [6, 6.07) is 10.4. The molecule has 1 aromatic rings. The van der Waals surface area contributed by atoms with Crippen LogP contribution in [0.1, 0.15) is 20.3 Å². The van der Waals surface area contributed by atoms with Gasteiger partial charge >= 0.3 is 0 Å². The molecule has 1 atom stereocenters. The molecular weight excluding hydrogens is 274 g/mol. The predicted molar refractivity (Wildman–Crippen MR) is 92.2 cm³/mol. The molecule has 0 aromatic heterocycles. The largest absolute Gasteiger partial charge is 0.314 e. The lowest BCUT2D eigenvalue weighted by Gasteiger charge is -2.25.